The molecule has 0 aliphatic carbocycles. The number of anilines is 2. The first-order chi connectivity index (χ1) is 7.27. The Labute approximate surface area is 94.0 Å². The molecule has 2 rings (SSSR count). The first kappa shape index (κ1) is 10.2. The third-order valence-corrected chi connectivity index (χ3v) is 2.95. The van der Waals surface area contributed by atoms with Crippen LogP contribution in [0.4, 0.5) is 10.8 Å². The zero-order chi connectivity index (χ0) is 10.7. The van der Waals surface area contributed by atoms with Crippen molar-refractivity contribution in [2.45, 2.75) is 19.8 Å². The van der Waals surface area contributed by atoms with Crippen LogP contribution in [0.25, 0.3) is 0 Å². The molecule has 0 radical (unpaired) electrons. The van der Waals surface area contributed by atoms with E-state index in [-0.39, 0.29) is 0 Å². The summed E-state index contributed by atoms with van der Waals surface area (Å²) >= 11 is 1.62. The lowest BCUT2D eigenvalue weighted by Crippen LogP contribution is -1.96. The molecule has 0 saturated carbocycles. The summed E-state index contributed by atoms with van der Waals surface area (Å²) in [5.74, 6) is 0.522. The predicted octanol–water partition coefficient (Wildman–Crippen LogP) is 4.01. The van der Waals surface area contributed by atoms with Gasteiger partial charge in [-0.2, -0.15) is 0 Å². The Morgan fingerprint density at radius 3 is 2.73 bits per heavy atom. The standard InChI is InChI=1S/C12H14N2S/c1-9(2)10-5-3-4-6-11(10)14-12-13-7-8-15-12/h3-9H,1-2H3,(H,13,14). The van der Waals surface area contributed by atoms with E-state index in [9.17, 15) is 0 Å². The summed E-state index contributed by atoms with van der Waals surface area (Å²) in [5, 5.41) is 6.26. The van der Waals surface area contributed by atoms with E-state index in [1.807, 2.05) is 17.6 Å². The van der Waals surface area contributed by atoms with Crippen LogP contribution >= 0.6 is 11.3 Å². The fraction of sp³-hybridized carbons (Fsp3) is 0.250. The average molecular weight is 218 g/mol. The minimum atomic E-state index is 0.522. The molecule has 0 aliphatic heterocycles. The largest absolute Gasteiger partial charge is 0.331 e. The van der Waals surface area contributed by atoms with E-state index < -0.39 is 0 Å². The van der Waals surface area contributed by atoms with Crippen LogP contribution < -0.4 is 5.32 Å². The second kappa shape index (κ2) is 4.45. The van der Waals surface area contributed by atoms with Gasteiger partial charge in [0, 0.05) is 17.3 Å². The van der Waals surface area contributed by atoms with Crippen LogP contribution in [0.1, 0.15) is 25.3 Å². The normalized spacial score (nSPS) is 10.6. The minimum Gasteiger partial charge on any atom is -0.331 e. The Kier molecular flexibility index (Phi) is 3.02. The molecule has 0 saturated heterocycles. The number of benzene rings is 1. The molecule has 0 atom stereocenters. The maximum Gasteiger partial charge on any atom is 0.187 e. The van der Waals surface area contributed by atoms with Crippen LogP contribution in [0.3, 0.4) is 0 Å². The molecule has 0 bridgehead atoms. The molecule has 3 heteroatoms. The second-order valence-electron chi connectivity index (χ2n) is 3.70. The van der Waals surface area contributed by atoms with Gasteiger partial charge >= 0.3 is 0 Å². The van der Waals surface area contributed by atoms with Gasteiger partial charge in [-0.1, -0.05) is 32.0 Å². The molecule has 1 aromatic carbocycles. The first-order valence-electron chi connectivity index (χ1n) is 5.03. The molecule has 0 fully saturated rings. The Bertz CT molecular complexity index is 421. The highest BCUT2D eigenvalue weighted by Gasteiger charge is 2.06. The minimum absolute atomic E-state index is 0.522. The number of nitrogens with zero attached hydrogens (tertiary/aromatic N) is 1. The molecular weight excluding hydrogens is 204 g/mol. The summed E-state index contributed by atoms with van der Waals surface area (Å²) < 4.78 is 0. The summed E-state index contributed by atoms with van der Waals surface area (Å²) in [6.07, 6.45) is 1.81. The van der Waals surface area contributed by atoms with Gasteiger partial charge in [-0.15, -0.1) is 11.3 Å². The molecule has 1 heterocycles. The molecule has 0 aliphatic rings. The molecule has 78 valence electrons. The number of thiazole rings is 1. The molecule has 1 N–H and O–H groups in total. The summed E-state index contributed by atoms with van der Waals surface area (Å²) in [5.41, 5.74) is 2.48. The molecule has 0 amide bonds. The third-order valence-electron chi connectivity index (χ3n) is 2.26. The molecule has 1 aromatic heterocycles. The van der Waals surface area contributed by atoms with E-state index in [2.05, 4.69) is 42.3 Å². The average Bonchev–Trinajstić information content (AvgIpc) is 2.71. The molecule has 0 unspecified atom stereocenters. The van der Waals surface area contributed by atoms with Crippen LogP contribution in [0.2, 0.25) is 0 Å². The van der Waals surface area contributed by atoms with Gasteiger partial charge < -0.3 is 5.32 Å². The number of hydrogen-bond acceptors (Lipinski definition) is 3. The highest BCUT2D eigenvalue weighted by Crippen LogP contribution is 2.27. The van der Waals surface area contributed by atoms with Crippen molar-refractivity contribution < 1.29 is 0 Å². The van der Waals surface area contributed by atoms with Crippen molar-refractivity contribution in [3.8, 4) is 0 Å². The highest BCUT2D eigenvalue weighted by atomic mass is 32.1. The Balaban J connectivity index is 2.28. The Hall–Kier alpha value is -1.35. The van der Waals surface area contributed by atoms with Gasteiger partial charge in [0.15, 0.2) is 5.13 Å². The monoisotopic (exact) mass is 218 g/mol. The second-order valence-corrected chi connectivity index (χ2v) is 4.60. The molecule has 2 nitrogen and oxygen atoms in total. The van der Waals surface area contributed by atoms with Gasteiger partial charge in [-0.25, -0.2) is 4.98 Å². The van der Waals surface area contributed by atoms with E-state index in [1.54, 1.807) is 11.3 Å². The number of nitrogens with one attached hydrogen (secondary N) is 1. The maximum atomic E-state index is 4.22. The summed E-state index contributed by atoms with van der Waals surface area (Å²) in [6, 6.07) is 8.36. The third kappa shape index (κ3) is 2.36. The predicted molar refractivity (Wildman–Crippen MR) is 65.9 cm³/mol. The van der Waals surface area contributed by atoms with E-state index in [0.717, 1.165) is 10.8 Å². The van der Waals surface area contributed by atoms with Crippen molar-refractivity contribution in [1.82, 2.24) is 4.98 Å². The fourth-order valence-electron chi connectivity index (χ4n) is 1.51. The number of hydrogen-bond donors (Lipinski definition) is 1. The van der Waals surface area contributed by atoms with E-state index in [1.165, 1.54) is 5.56 Å². The number of para-hydroxylation sites is 1. The summed E-state index contributed by atoms with van der Waals surface area (Å²) in [4.78, 5) is 4.22. The van der Waals surface area contributed by atoms with Gasteiger partial charge in [0.2, 0.25) is 0 Å². The van der Waals surface area contributed by atoms with Crippen LogP contribution in [-0.2, 0) is 0 Å². The number of aromatic nitrogens is 1. The SMILES string of the molecule is CC(C)c1ccccc1Nc1nccs1. The Morgan fingerprint density at radius 1 is 1.27 bits per heavy atom. The van der Waals surface area contributed by atoms with Crippen LogP contribution in [-0.4, -0.2) is 4.98 Å². The maximum absolute atomic E-state index is 4.22. The summed E-state index contributed by atoms with van der Waals surface area (Å²) in [6.45, 7) is 4.39. The van der Waals surface area contributed by atoms with Crippen molar-refractivity contribution in [2.75, 3.05) is 5.32 Å². The lowest BCUT2D eigenvalue weighted by Gasteiger charge is -2.12. The molecule has 2 aromatic rings. The molecule has 0 spiro atoms. The molecule has 15 heavy (non-hydrogen) atoms. The van der Waals surface area contributed by atoms with Crippen LogP contribution in [0.15, 0.2) is 35.8 Å². The fourth-order valence-corrected chi connectivity index (χ4v) is 2.06. The van der Waals surface area contributed by atoms with Crippen LogP contribution in [0, 0.1) is 0 Å². The van der Waals surface area contributed by atoms with Crippen molar-refractivity contribution in [1.29, 1.82) is 0 Å². The zero-order valence-electron chi connectivity index (χ0n) is 8.90. The smallest absolute Gasteiger partial charge is 0.187 e. The van der Waals surface area contributed by atoms with E-state index >= 15 is 0 Å². The topological polar surface area (TPSA) is 24.9 Å². The zero-order valence-corrected chi connectivity index (χ0v) is 9.71. The van der Waals surface area contributed by atoms with Gasteiger partial charge in [0.25, 0.3) is 0 Å². The highest BCUT2D eigenvalue weighted by molar-refractivity contribution is 7.13. The van der Waals surface area contributed by atoms with Crippen LogP contribution in [0.5, 0.6) is 0 Å². The van der Waals surface area contributed by atoms with E-state index in [4.69, 9.17) is 0 Å². The first-order valence-corrected chi connectivity index (χ1v) is 5.91. The summed E-state index contributed by atoms with van der Waals surface area (Å²) in [7, 11) is 0. The van der Waals surface area contributed by atoms with Gasteiger partial charge in [0.1, 0.15) is 0 Å². The van der Waals surface area contributed by atoms with Crippen molar-refractivity contribution in [3.05, 3.63) is 41.4 Å². The molecular formula is C12H14N2S. The lowest BCUT2D eigenvalue weighted by atomic mass is 10.0. The van der Waals surface area contributed by atoms with Crippen molar-refractivity contribution >= 4 is 22.2 Å². The van der Waals surface area contributed by atoms with Crippen molar-refractivity contribution in [2.24, 2.45) is 0 Å². The van der Waals surface area contributed by atoms with Gasteiger partial charge in [0.05, 0.1) is 0 Å². The van der Waals surface area contributed by atoms with E-state index in [0.29, 0.717) is 5.92 Å². The quantitative estimate of drug-likeness (QED) is 0.842. The van der Waals surface area contributed by atoms with Gasteiger partial charge in [-0.3, -0.25) is 0 Å². The van der Waals surface area contributed by atoms with Crippen molar-refractivity contribution in [3.63, 3.8) is 0 Å². The lowest BCUT2D eigenvalue weighted by molar-refractivity contribution is 0.869. The number of rotatable bonds is 3. The Morgan fingerprint density at radius 2 is 2.07 bits per heavy atom. The van der Waals surface area contributed by atoms with Gasteiger partial charge in [-0.05, 0) is 17.5 Å².